The first-order chi connectivity index (χ1) is 10.1. The molecule has 0 radical (unpaired) electrons. The summed E-state index contributed by atoms with van der Waals surface area (Å²) in [5.41, 5.74) is 0.633. The van der Waals surface area contributed by atoms with E-state index in [1.165, 1.54) is 0 Å². The monoisotopic (exact) mass is 323 g/mol. The quantitative estimate of drug-likeness (QED) is 0.621. The summed E-state index contributed by atoms with van der Waals surface area (Å²) in [5, 5.41) is 0. The molecule has 1 aliphatic heterocycles. The molecule has 3 unspecified atom stereocenters. The number of hydrogen-bond acceptors (Lipinski definition) is 3. The fourth-order valence-electron chi connectivity index (χ4n) is 2.82. The largest absolute Gasteiger partial charge is 0.458 e. The molecule has 1 heterocycles. The number of likely N-dealkylation sites (tertiary alicyclic amines) is 1. The van der Waals surface area contributed by atoms with Crippen molar-refractivity contribution in [1.29, 1.82) is 0 Å². The normalized spacial score (nSPS) is 25.7. The van der Waals surface area contributed by atoms with Gasteiger partial charge in [-0.05, 0) is 26.0 Å². The van der Waals surface area contributed by atoms with Crippen LogP contribution in [-0.4, -0.2) is 36.1 Å². The molecule has 2 rings (SSSR count). The fraction of sp³-hybridized carbons (Fsp3) is 0.500. The third kappa shape index (κ3) is 4.85. The number of carbonyl (C=O) groups excluding carboxylic acids is 1. The maximum Gasteiger partial charge on any atom is 0.338 e. The second kappa shape index (κ2) is 8.96. The third-order valence-electron chi connectivity index (χ3n) is 4.20. The Balaban J connectivity index is 0.00000242. The van der Waals surface area contributed by atoms with Gasteiger partial charge in [-0.25, -0.2) is 4.79 Å². The average Bonchev–Trinajstić information content (AvgIpc) is 2.50. The second-order valence-corrected chi connectivity index (χ2v) is 5.89. The molecule has 0 saturated carbocycles. The highest BCUT2D eigenvalue weighted by atomic mass is 35.5. The predicted molar refractivity (Wildman–Crippen MR) is 92.5 cm³/mol. The van der Waals surface area contributed by atoms with Gasteiger partial charge in [-0.15, -0.1) is 12.4 Å². The van der Waals surface area contributed by atoms with Crippen LogP contribution >= 0.6 is 12.4 Å². The van der Waals surface area contributed by atoms with Crippen molar-refractivity contribution in [3.8, 4) is 0 Å². The predicted octanol–water partition coefficient (Wildman–Crippen LogP) is 3.94. The number of rotatable bonds is 4. The van der Waals surface area contributed by atoms with Gasteiger partial charge in [0.1, 0.15) is 6.10 Å². The van der Waals surface area contributed by atoms with Crippen molar-refractivity contribution in [3.63, 3.8) is 0 Å². The molecule has 3 nitrogen and oxygen atoms in total. The molecular formula is C18H26ClNO2. The number of allylic oxidation sites excluding steroid dienone is 1. The molecule has 0 N–H and O–H groups in total. The summed E-state index contributed by atoms with van der Waals surface area (Å²) in [6, 6.07) is 9.67. The molecular weight excluding hydrogens is 298 g/mol. The summed E-state index contributed by atoms with van der Waals surface area (Å²) in [4.78, 5) is 14.6. The van der Waals surface area contributed by atoms with Gasteiger partial charge in [0.25, 0.3) is 0 Å². The van der Waals surface area contributed by atoms with E-state index in [0.717, 1.165) is 19.5 Å². The molecule has 1 aromatic rings. The van der Waals surface area contributed by atoms with E-state index in [0.29, 0.717) is 17.5 Å². The number of halogens is 1. The van der Waals surface area contributed by atoms with Crippen molar-refractivity contribution in [2.24, 2.45) is 5.92 Å². The Kier molecular flexibility index (Phi) is 7.63. The standard InChI is InChI=1S/C18H25NO2.ClH/c1-4-5-11-19-13-14(2)17(12-15(19)3)21-18(20)16-9-7-6-8-10-16;/h4-10,14-15,17H,11-13H2,1-3H3;1H/b5-4+;. The maximum absolute atomic E-state index is 12.2. The van der Waals surface area contributed by atoms with Crippen LogP contribution < -0.4 is 0 Å². The minimum atomic E-state index is -0.207. The summed E-state index contributed by atoms with van der Waals surface area (Å²) >= 11 is 0. The molecule has 22 heavy (non-hydrogen) atoms. The van der Waals surface area contributed by atoms with Crippen molar-refractivity contribution in [2.45, 2.75) is 39.3 Å². The van der Waals surface area contributed by atoms with Gasteiger partial charge in [0, 0.05) is 31.5 Å². The third-order valence-corrected chi connectivity index (χ3v) is 4.20. The first kappa shape index (κ1) is 18.7. The molecule has 0 bridgehead atoms. The van der Waals surface area contributed by atoms with Crippen LogP contribution in [0, 0.1) is 5.92 Å². The molecule has 0 amide bonds. The van der Waals surface area contributed by atoms with Gasteiger partial charge in [-0.1, -0.05) is 37.3 Å². The number of piperidine rings is 1. The van der Waals surface area contributed by atoms with E-state index in [9.17, 15) is 4.79 Å². The summed E-state index contributed by atoms with van der Waals surface area (Å²) in [6.07, 6.45) is 5.17. The van der Waals surface area contributed by atoms with Gasteiger partial charge in [0.2, 0.25) is 0 Å². The van der Waals surface area contributed by atoms with E-state index in [1.807, 2.05) is 25.1 Å². The van der Waals surface area contributed by atoms with Gasteiger partial charge in [0.05, 0.1) is 5.56 Å². The first-order valence-electron chi connectivity index (χ1n) is 7.73. The summed E-state index contributed by atoms with van der Waals surface area (Å²) in [6.45, 7) is 8.36. The lowest BCUT2D eigenvalue weighted by molar-refractivity contribution is -0.0229. The van der Waals surface area contributed by atoms with Crippen molar-refractivity contribution in [1.82, 2.24) is 4.90 Å². The molecule has 1 aliphatic rings. The lowest BCUT2D eigenvalue weighted by Gasteiger charge is -2.40. The van der Waals surface area contributed by atoms with E-state index in [2.05, 4.69) is 30.9 Å². The molecule has 1 aromatic carbocycles. The minimum Gasteiger partial charge on any atom is -0.458 e. The van der Waals surface area contributed by atoms with E-state index in [-0.39, 0.29) is 24.5 Å². The van der Waals surface area contributed by atoms with E-state index in [4.69, 9.17) is 4.74 Å². The van der Waals surface area contributed by atoms with Crippen LogP contribution in [-0.2, 0) is 4.74 Å². The number of hydrogen-bond donors (Lipinski definition) is 0. The molecule has 0 spiro atoms. The minimum absolute atomic E-state index is 0. The topological polar surface area (TPSA) is 29.5 Å². The van der Waals surface area contributed by atoms with Crippen LogP contribution in [0.3, 0.4) is 0 Å². The van der Waals surface area contributed by atoms with Crippen LogP contribution in [0.5, 0.6) is 0 Å². The summed E-state index contributed by atoms with van der Waals surface area (Å²) in [5.74, 6) is 0.153. The van der Waals surface area contributed by atoms with Crippen molar-refractivity contribution in [2.75, 3.05) is 13.1 Å². The van der Waals surface area contributed by atoms with Gasteiger partial charge in [-0.3, -0.25) is 4.90 Å². The fourth-order valence-corrected chi connectivity index (χ4v) is 2.82. The van der Waals surface area contributed by atoms with Crippen molar-refractivity contribution < 1.29 is 9.53 Å². The Morgan fingerprint density at radius 1 is 1.32 bits per heavy atom. The Morgan fingerprint density at radius 2 is 2.00 bits per heavy atom. The van der Waals surface area contributed by atoms with Crippen LogP contribution in [0.2, 0.25) is 0 Å². The van der Waals surface area contributed by atoms with E-state index in [1.54, 1.807) is 12.1 Å². The van der Waals surface area contributed by atoms with Crippen LogP contribution in [0.15, 0.2) is 42.5 Å². The molecule has 0 aromatic heterocycles. The molecule has 122 valence electrons. The Morgan fingerprint density at radius 3 is 2.64 bits per heavy atom. The van der Waals surface area contributed by atoms with Crippen molar-refractivity contribution >= 4 is 18.4 Å². The van der Waals surface area contributed by atoms with Gasteiger partial charge >= 0.3 is 5.97 Å². The summed E-state index contributed by atoms with van der Waals surface area (Å²) < 4.78 is 5.73. The number of ether oxygens (including phenoxy) is 1. The van der Waals surface area contributed by atoms with Crippen molar-refractivity contribution in [3.05, 3.63) is 48.0 Å². The molecule has 1 saturated heterocycles. The van der Waals surface area contributed by atoms with Gasteiger partial charge < -0.3 is 4.74 Å². The number of benzene rings is 1. The molecule has 3 atom stereocenters. The zero-order chi connectivity index (χ0) is 15.2. The first-order valence-corrected chi connectivity index (χ1v) is 7.73. The Hall–Kier alpha value is -1.32. The maximum atomic E-state index is 12.2. The highest BCUT2D eigenvalue weighted by Gasteiger charge is 2.32. The Bertz CT molecular complexity index is 489. The zero-order valence-corrected chi connectivity index (χ0v) is 14.4. The Labute approximate surface area is 139 Å². The highest BCUT2D eigenvalue weighted by Crippen LogP contribution is 2.25. The van der Waals surface area contributed by atoms with Gasteiger partial charge in [0.15, 0.2) is 0 Å². The lowest BCUT2D eigenvalue weighted by Crippen LogP contribution is -2.48. The number of esters is 1. The van der Waals surface area contributed by atoms with Gasteiger partial charge in [-0.2, -0.15) is 0 Å². The number of nitrogens with zero attached hydrogens (tertiary/aromatic N) is 1. The SMILES string of the molecule is C/C=C/CN1CC(C)C(OC(=O)c2ccccc2)CC1C.Cl. The second-order valence-electron chi connectivity index (χ2n) is 5.89. The zero-order valence-electron chi connectivity index (χ0n) is 13.6. The average molecular weight is 324 g/mol. The van der Waals surface area contributed by atoms with E-state index >= 15 is 0 Å². The lowest BCUT2D eigenvalue weighted by atomic mass is 9.91. The molecule has 1 fully saturated rings. The summed E-state index contributed by atoms with van der Waals surface area (Å²) in [7, 11) is 0. The highest BCUT2D eigenvalue weighted by molar-refractivity contribution is 5.89. The molecule has 0 aliphatic carbocycles. The number of carbonyl (C=O) groups is 1. The van der Waals surface area contributed by atoms with Crippen LogP contribution in [0.25, 0.3) is 0 Å². The van der Waals surface area contributed by atoms with Crippen LogP contribution in [0.1, 0.15) is 37.6 Å². The van der Waals surface area contributed by atoms with E-state index < -0.39 is 0 Å². The smallest absolute Gasteiger partial charge is 0.338 e. The molecule has 4 heteroatoms. The van der Waals surface area contributed by atoms with Crippen LogP contribution in [0.4, 0.5) is 0 Å².